The van der Waals surface area contributed by atoms with Gasteiger partial charge in [0.2, 0.25) is 0 Å². The minimum Gasteiger partial charge on any atom is -0.286 e. The fourth-order valence-electron chi connectivity index (χ4n) is 1.08. The van der Waals surface area contributed by atoms with Gasteiger partial charge in [0.15, 0.2) is 0 Å². The maximum Gasteiger partial charge on any atom is 0.0596 e. The van der Waals surface area contributed by atoms with Crippen molar-refractivity contribution in [1.82, 2.24) is 0 Å². The molecule has 0 fully saturated rings. The van der Waals surface area contributed by atoms with Gasteiger partial charge in [-0.3, -0.25) is 4.99 Å². The van der Waals surface area contributed by atoms with E-state index in [1.165, 1.54) is 5.56 Å². The summed E-state index contributed by atoms with van der Waals surface area (Å²) in [6, 6.07) is 10.5. The molecule has 0 amide bonds. The Kier molecular flexibility index (Phi) is 4.29. The van der Waals surface area contributed by atoms with Gasteiger partial charge < -0.3 is 0 Å². The lowest BCUT2D eigenvalue weighted by molar-refractivity contribution is 0.779. The highest BCUT2D eigenvalue weighted by Gasteiger charge is 2.01. The van der Waals surface area contributed by atoms with Gasteiger partial charge in [-0.15, -0.1) is 0 Å². The smallest absolute Gasteiger partial charge is 0.0596 e. The predicted molar refractivity (Wildman–Crippen MR) is 62.2 cm³/mol. The van der Waals surface area contributed by atoms with E-state index >= 15 is 0 Å². The molecule has 0 radical (unpaired) electrons. The van der Waals surface area contributed by atoms with E-state index in [1.54, 1.807) is 0 Å². The van der Waals surface area contributed by atoms with E-state index in [1.807, 2.05) is 10.3 Å². The summed E-state index contributed by atoms with van der Waals surface area (Å²) < 4.78 is 1.83. The zero-order valence-electron chi connectivity index (χ0n) is 7.07. The maximum absolute atomic E-state index is 4.21. The van der Waals surface area contributed by atoms with Gasteiger partial charge >= 0.3 is 0 Å². The van der Waals surface area contributed by atoms with Crippen molar-refractivity contribution in [3.8, 4) is 0 Å². The van der Waals surface area contributed by atoms with E-state index in [0.29, 0.717) is 5.92 Å². The van der Waals surface area contributed by atoms with Crippen molar-refractivity contribution in [1.29, 1.82) is 0 Å². The molecule has 0 aliphatic rings. The SMILES string of the molecule is CC(CN=CI)c1ccccc1. The van der Waals surface area contributed by atoms with E-state index < -0.39 is 0 Å². The number of hydrogen-bond donors (Lipinski definition) is 0. The number of nitrogens with zero attached hydrogens (tertiary/aromatic N) is 1. The van der Waals surface area contributed by atoms with Gasteiger partial charge in [0.05, 0.1) is 4.22 Å². The van der Waals surface area contributed by atoms with Crippen LogP contribution in [0.1, 0.15) is 18.4 Å². The van der Waals surface area contributed by atoms with Gasteiger partial charge in [-0.1, -0.05) is 37.3 Å². The summed E-state index contributed by atoms with van der Waals surface area (Å²) in [4.78, 5) is 4.21. The summed E-state index contributed by atoms with van der Waals surface area (Å²) in [7, 11) is 0. The third-order valence-corrected chi connectivity index (χ3v) is 2.21. The van der Waals surface area contributed by atoms with Crippen LogP contribution in [-0.4, -0.2) is 10.8 Å². The molecular formula is C10H12IN. The van der Waals surface area contributed by atoms with Gasteiger partial charge in [0, 0.05) is 12.5 Å². The molecule has 12 heavy (non-hydrogen) atoms. The molecule has 0 spiro atoms. The lowest BCUT2D eigenvalue weighted by Crippen LogP contribution is -1.96. The van der Waals surface area contributed by atoms with Crippen LogP contribution in [0.4, 0.5) is 0 Å². The normalized spacial score (nSPS) is 13.5. The maximum atomic E-state index is 4.21. The summed E-state index contributed by atoms with van der Waals surface area (Å²) in [6.07, 6.45) is 0. The Labute approximate surface area is 87.0 Å². The molecule has 2 heteroatoms. The van der Waals surface area contributed by atoms with Gasteiger partial charge in [-0.25, -0.2) is 0 Å². The second-order valence-corrected chi connectivity index (χ2v) is 3.33. The fourth-order valence-corrected chi connectivity index (χ4v) is 1.31. The second kappa shape index (κ2) is 5.30. The highest BCUT2D eigenvalue weighted by atomic mass is 127. The number of halogens is 1. The van der Waals surface area contributed by atoms with E-state index in [-0.39, 0.29) is 0 Å². The number of benzene rings is 1. The van der Waals surface area contributed by atoms with Gasteiger partial charge in [-0.2, -0.15) is 0 Å². The van der Waals surface area contributed by atoms with Crippen molar-refractivity contribution in [3.05, 3.63) is 35.9 Å². The lowest BCUT2D eigenvalue weighted by atomic mass is 10.0. The average molecular weight is 273 g/mol. The Morgan fingerprint density at radius 3 is 2.67 bits per heavy atom. The fraction of sp³-hybridized carbons (Fsp3) is 0.300. The van der Waals surface area contributed by atoms with Crippen LogP contribution in [-0.2, 0) is 0 Å². The third-order valence-electron chi connectivity index (χ3n) is 1.82. The Hall–Kier alpha value is -0.380. The molecule has 1 nitrogen and oxygen atoms in total. The van der Waals surface area contributed by atoms with Crippen LogP contribution in [0.15, 0.2) is 35.3 Å². The zero-order valence-corrected chi connectivity index (χ0v) is 9.23. The third kappa shape index (κ3) is 2.93. The second-order valence-electron chi connectivity index (χ2n) is 2.77. The topological polar surface area (TPSA) is 12.4 Å². The first kappa shape index (κ1) is 9.71. The van der Waals surface area contributed by atoms with Crippen molar-refractivity contribution in [2.45, 2.75) is 12.8 Å². The monoisotopic (exact) mass is 273 g/mol. The van der Waals surface area contributed by atoms with E-state index in [4.69, 9.17) is 0 Å². The van der Waals surface area contributed by atoms with Crippen LogP contribution in [0.5, 0.6) is 0 Å². The van der Waals surface area contributed by atoms with Crippen molar-refractivity contribution >= 4 is 26.8 Å². The van der Waals surface area contributed by atoms with Gasteiger partial charge in [-0.05, 0) is 28.2 Å². The quantitative estimate of drug-likeness (QED) is 0.592. The van der Waals surface area contributed by atoms with Crippen LogP contribution >= 0.6 is 22.6 Å². The summed E-state index contributed by atoms with van der Waals surface area (Å²) in [6.45, 7) is 3.08. The number of rotatable bonds is 3. The molecule has 0 saturated heterocycles. The summed E-state index contributed by atoms with van der Waals surface area (Å²) in [5, 5.41) is 0. The summed E-state index contributed by atoms with van der Waals surface area (Å²) in [5.41, 5.74) is 1.36. The molecule has 0 aliphatic carbocycles. The van der Waals surface area contributed by atoms with Crippen molar-refractivity contribution in [2.24, 2.45) is 4.99 Å². The zero-order chi connectivity index (χ0) is 8.81. The van der Waals surface area contributed by atoms with Gasteiger partial charge in [0.1, 0.15) is 0 Å². The minimum atomic E-state index is 0.525. The Morgan fingerprint density at radius 2 is 2.08 bits per heavy atom. The van der Waals surface area contributed by atoms with Gasteiger partial charge in [0.25, 0.3) is 0 Å². The van der Waals surface area contributed by atoms with E-state index in [9.17, 15) is 0 Å². The standard InChI is InChI=1S/C10H12IN/c1-9(7-12-8-11)10-5-3-2-4-6-10/h2-6,8-9H,7H2,1H3. The molecular weight excluding hydrogens is 261 g/mol. The number of hydrogen-bond acceptors (Lipinski definition) is 1. The molecule has 1 aromatic rings. The lowest BCUT2D eigenvalue weighted by Gasteiger charge is -2.07. The van der Waals surface area contributed by atoms with Crippen molar-refractivity contribution in [3.63, 3.8) is 0 Å². The van der Waals surface area contributed by atoms with Crippen molar-refractivity contribution in [2.75, 3.05) is 6.54 Å². The first-order chi connectivity index (χ1) is 5.84. The minimum absolute atomic E-state index is 0.525. The Balaban J connectivity index is 2.59. The molecule has 0 saturated carbocycles. The summed E-state index contributed by atoms with van der Waals surface area (Å²) in [5.74, 6) is 0.525. The largest absolute Gasteiger partial charge is 0.286 e. The highest BCUT2D eigenvalue weighted by Crippen LogP contribution is 2.14. The molecule has 0 N–H and O–H groups in total. The predicted octanol–water partition coefficient (Wildman–Crippen LogP) is 3.25. The van der Waals surface area contributed by atoms with Crippen LogP contribution in [0.2, 0.25) is 0 Å². The number of aliphatic imine (C=N–C) groups is 1. The van der Waals surface area contributed by atoms with Crippen LogP contribution in [0, 0.1) is 0 Å². The van der Waals surface area contributed by atoms with Crippen LogP contribution < -0.4 is 0 Å². The van der Waals surface area contributed by atoms with E-state index in [0.717, 1.165) is 6.54 Å². The first-order valence-electron chi connectivity index (χ1n) is 3.98. The average Bonchev–Trinajstić information content (AvgIpc) is 2.15. The molecule has 1 atom stereocenters. The molecule has 0 heterocycles. The first-order valence-corrected chi connectivity index (χ1v) is 5.22. The molecule has 64 valence electrons. The molecule has 0 aromatic heterocycles. The van der Waals surface area contributed by atoms with Crippen LogP contribution in [0.25, 0.3) is 0 Å². The van der Waals surface area contributed by atoms with Crippen LogP contribution in [0.3, 0.4) is 0 Å². The Bertz CT molecular complexity index is 243. The van der Waals surface area contributed by atoms with Crippen molar-refractivity contribution < 1.29 is 0 Å². The van der Waals surface area contributed by atoms with E-state index in [2.05, 4.69) is 58.8 Å². The molecule has 1 rings (SSSR count). The Morgan fingerprint density at radius 1 is 1.42 bits per heavy atom. The summed E-state index contributed by atoms with van der Waals surface area (Å²) >= 11 is 2.15. The molecule has 1 unspecified atom stereocenters. The highest BCUT2D eigenvalue weighted by molar-refractivity contribution is 14.1. The molecule has 1 aromatic carbocycles. The molecule has 0 bridgehead atoms. The molecule has 0 aliphatic heterocycles.